The summed E-state index contributed by atoms with van der Waals surface area (Å²) in [5.41, 5.74) is 5.00. The molecule has 2 aromatic rings. The van der Waals surface area contributed by atoms with Gasteiger partial charge in [0.2, 0.25) is 0 Å². The van der Waals surface area contributed by atoms with Crippen molar-refractivity contribution in [2.45, 2.75) is 40.5 Å². The summed E-state index contributed by atoms with van der Waals surface area (Å²) in [7, 11) is 0. The molecule has 0 fully saturated rings. The molecule has 0 aliphatic rings. The first kappa shape index (κ1) is 14.4. The maximum absolute atomic E-state index is 4.20. The van der Waals surface area contributed by atoms with Crippen LogP contribution < -0.4 is 0 Å². The minimum absolute atomic E-state index is 1.03. The van der Waals surface area contributed by atoms with Crippen LogP contribution in [0.25, 0.3) is 0 Å². The second-order valence-electron chi connectivity index (χ2n) is 4.24. The molecule has 0 aliphatic heterocycles. The number of hydrogen-bond donors (Lipinski definition) is 0. The van der Waals surface area contributed by atoms with Crippen molar-refractivity contribution in [3.63, 3.8) is 0 Å². The summed E-state index contributed by atoms with van der Waals surface area (Å²) >= 11 is 0. The monoisotopic (exact) mass is 242 g/mol. The first-order valence-electron chi connectivity index (χ1n) is 6.50. The van der Waals surface area contributed by atoms with E-state index < -0.39 is 0 Å². The number of aryl methyl sites for hydroxylation is 4. The number of rotatable bonds is 2. The zero-order chi connectivity index (χ0) is 13.4. The molecule has 2 heteroatoms. The first-order chi connectivity index (χ1) is 8.69. The highest BCUT2D eigenvalue weighted by Gasteiger charge is 1.92. The van der Waals surface area contributed by atoms with Gasteiger partial charge in [-0.15, -0.1) is 0 Å². The summed E-state index contributed by atoms with van der Waals surface area (Å²) < 4.78 is 0. The molecule has 2 rings (SSSR count). The van der Waals surface area contributed by atoms with E-state index in [0.717, 1.165) is 12.8 Å². The maximum atomic E-state index is 4.20. The molecule has 0 aliphatic carbocycles. The van der Waals surface area contributed by atoms with Crippen molar-refractivity contribution in [3.8, 4) is 0 Å². The van der Waals surface area contributed by atoms with Crippen LogP contribution in [0.1, 0.15) is 36.4 Å². The Bertz CT molecular complexity index is 433. The standard InChI is InChI=1S/2C8H11N/c2*1-3-8-7(2)5-4-6-9-8/h2*4-6H,3H2,1-2H3. The predicted octanol–water partition coefficient (Wildman–Crippen LogP) is 3.90. The maximum Gasteiger partial charge on any atom is 0.0429 e. The summed E-state index contributed by atoms with van der Waals surface area (Å²) in [4.78, 5) is 8.39. The summed E-state index contributed by atoms with van der Waals surface area (Å²) in [6.07, 6.45) is 5.75. The molecule has 0 amide bonds. The van der Waals surface area contributed by atoms with Crippen LogP contribution in [0.3, 0.4) is 0 Å². The van der Waals surface area contributed by atoms with E-state index in [-0.39, 0.29) is 0 Å². The van der Waals surface area contributed by atoms with Crippen molar-refractivity contribution in [2.75, 3.05) is 0 Å². The molecule has 2 nitrogen and oxygen atoms in total. The van der Waals surface area contributed by atoms with Gasteiger partial charge < -0.3 is 0 Å². The van der Waals surface area contributed by atoms with E-state index in [1.54, 1.807) is 0 Å². The van der Waals surface area contributed by atoms with Gasteiger partial charge in [0.25, 0.3) is 0 Å². The minimum atomic E-state index is 1.03. The molecule has 0 bridgehead atoms. The molecular formula is C16H22N2. The van der Waals surface area contributed by atoms with Crippen LogP contribution >= 0.6 is 0 Å². The highest BCUT2D eigenvalue weighted by molar-refractivity contribution is 5.17. The van der Waals surface area contributed by atoms with Gasteiger partial charge in [0.1, 0.15) is 0 Å². The van der Waals surface area contributed by atoms with Crippen LogP contribution in [0.4, 0.5) is 0 Å². The van der Waals surface area contributed by atoms with E-state index in [4.69, 9.17) is 0 Å². The van der Waals surface area contributed by atoms with Crippen LogP contribution in [-0.2, 0) is 12.8 Å². The molecule has 0 spiro atoms. The van der Waals surface area contributed by atoms with Crippen molar-refractivity contribution in [3.05, 3.63) is 59.2 Å². The lowest BCUT2D eigenvalue weighted by Crippen LogP contribution is -1.88. The van der Waals surface area contributed by atoms with E-state index in [0.29, 0.717) is 0 Å². The Morgan fingerprint density at radius 1 is 0.778 bits per heavy atom. The van der Waals surface area contributed by atoms with Gasteiger partial charge in [0.05, 0.1) is 0 Å². The number of pyridine rings is 2. The SMILES string of the molecule is CCc1ncccc1C.CCc1ncccc1C. The van der Waals surface area contributed by atoms with Crippen LogP contribution in [0.5, 0.6) is 0 Å². The van der Waals surface area contributed by atoms with Crippen LogP contribution in [-0.4, -0.2) is 9.97 Å². The van der Waals surface area contributed by atoms with Crippen molar-refractivity contribution in [1.82, 2.24) is 9.97 Å². The predicted molar refractivity (Wildman–Crippen MR) is 76.7 cm³/mol. The molecule has 0 atom stereocenters. The van der Waals surface area contributed by atoms with Gasteiger partial charge in [-0.05, 0) is 49.9 Å². The van der Waals surface area contributed by atoms with Gasteiger partial charge in [0.15, 0.2) is 0 Å². The lowest BCUT2D eigenvalue weighted by molar-refractivity contribution is 1.01. The average molecular weight is 242 g/mol. The normalized spacial score (nSPS) is 9.56. The van der Waals surface area contributed by atoms with E-state index >= 15 is 0 Å². The quantitative estimate of drug-likeness (QED) is 0.798. The molecule has 0 N–H and O–H groups in total. The summed E-state index contributed by atoms with van der Waals surface area (Å²) in [5, 5.41) is 0. The third-order valence-electron chi connectivity index (χ3n) is 2.91. The van der Waals surface area contributed by atoms with Crippen LogP contribution in [0.15, 0.2) is 36.7 Å². The molecule has 0 radical (unpaired) electrons. The number of hydrogen-bond acceptors (Lipinski definition) is 2. The average Bonchev–Trinajstić information content (AvgIpc) is 2.41. The van der Waals surface area contributed by atoms with E-state index in [2.05, 4.69) is 49.8 Å². The number of nitrogens with zero attached hydrogens (tertiary/aromatic N) is 2. The van der Waals surface area contributed by atoms with Crippen LogP contribution in [0, 0.1) is 13.8 Å². The van der Waals surface area contributed by atoms with Crippen molar-refractivity contribution >= 4 is 0 Å². The highest BCUT2D eigenvalue weighted by Crippen LogP contribution is 2.02. The second-order valence-corrected chi connectivity index (χ2v) is 4.24. The van der Waals surface area contributed by atoms with Gasteiger partial charge in [-0.2, -0.15) is 0 Å². The largest absolute Gasteiger partial charge is 0.261 e. The molecule has 2 aromatic heterocycles. The summed E-state index contributed by atoms with van der Waals surface area (Å²) in [5.74, 6) is 0. The van der Waals surface area contributed by atoms with Crippen molar-refractivity contribution in [1.29, 1.82) is 0 Å². The molecule has 0 aromatic carbocycles. The zero-order valence-electron chi connectivity index (χ0n) is 11.8. The highest BCUT2D eigenvalue weighted by atomic mass is 14.7. The Labute approximate surface area is 110 Å². The Hall–Kier alpha value is -1.70. The van der Waals surface area contributed by atoms with E-state index in [9.17, 15) is 0 Å². The van der Waals surface area contributed by atoms with Gasteiger partial charge in [0, 0.05) is 23.8 Å². The molecular weight excluding hydrogens is 220 g/mol. The molecule has 96 valence electrons. The lowest BCUT2D eigenvalue weighted by atomic mass is 10.2. The third-order valence-corrected chi connectivity index (χ3v) is 2.91. The van der Waals surface area contributed by atoms with Gasteiger partial charge in [-0.1, -0.05) is 26.0 Å². The van der Waals surface area contributed by atoms with E-state index in [1.807, 2.05) is 24.5 Å². The van der Waals surface area contributed by atoms with Gasteiger partial charge in [-0.25, -0.2) is 0 Å². The Morgan fingerprint density at radius 2 is 1.17 bits per heavy atom. The summed E-state index contributed by atoms with van der Waals surface area (Å²) in [6, 6.07) is 8.11. The fourth-order valence-corrected chi connectivity index (χ4v) is 1.78. The molecule has 2 heterocycles. The topological polar surface area (TPSA) is 25.8 Å². The molecule has 0 saturated carbocycles. The summed E-state index contributed by atoms with van der Waals surface area (Å²) in [6.45, 7) is 8.42. The Kier molecular flexibility index (Phi) is 6.06. The Balaban J connectivity index is 0.000000180. The fraction of sp³-hybridized carbons (Fsp3) is 0.375. The Morgan fingerprint density at radius 3 is 1.39 bits per heavy atom. The number of aromatic nitrogens is 2. The third kappa shape index (κ3) is 4.28. The van der Waals surface area contributed by atoms with Gasteiger partial charge >= 0.3 is 0 Å². The fourth-order valence-electron chi connectivity index (χ4n) is 1.78. The smallest absolute Gasteiger partial charge is 0.0429 e. The zero-order valence-corrected chi connectivity index (χ0v) is 11.8. The van der Waals surface area contributed by atoms with Crippen molar-refractivity contribution < 1.29 is 0 Å². The molecule has 18 heavy (non-hydrogen) atoms. The lowest BCUT2D eigenvalue weighted by Gasteiger charge is -1.97. The molecule has 0 unspecified atom stereocenters. The minimum Gasteiger partial charge on any atom is -0.261 e. The van der Waals surface area contributed by atoms with Crippen molar-refractivity contribution in [2.24, 2.45) is 0 Å². The molecule has 0 saturated heterocycles. The van der Waals surface area contributed by atoms with Gasteiger partial charge in [-0.3, -0.25) is 9.97 Å². The second kappa shape index (κ2) is 7.59. The van der Waals surface area contributed by atoms with Crippen LogP contribution in [0.2, 0.25) is 0 Å². The van der Waals surface area contributed by atoms with E-state index in [1.165, 1.54) is 22.5 Å². The first-order valence-corrected chi connectivity index (χ1v) is 6.50.